The third-order valence-electron chi connectivity index (χ3n) is 5.01. The van der Waals surface area contributed by atoms with Crippen molar-refractivity contribution in [3.8, 4) is 0 Å². The van der Waals surface area contributed by atoms with Crippen LogP contribution in [-0.2, 0) is 14.8 Å². The first-order valence-corrected chi connectivity index (χ1v) is 11.1. The predicted octanol–water partition coefficient (Wildman–Crippen LogP) is 3.12. The highest BCUT2D eigenvalue weighted by Crippen LogP contribution is 2.25. The first-order chi connectivity index (χ1) is 13.2. The number of hydrogen-bond donors (Lipinski definition) is 1. The smallest absolute Gasteiger partial charge is 0.243 e. The van der Waals surface area contributed by atoms with E-state index in [0.717, 1.165) is 11.3 Å². The molecule has 0 unspecified atom stereocenters. The Hall–Kier alpha value is -2.19. The van der Waals surface area contributed by atoms with Gasteiger partial charge in [-0.15, -0.1) is 0 Å². The molecule has 1 atom stereocenters. The molecule has 1 N–H and O–H groups in total. The second-order valence-electron chi connectivity index (χ2n) is 7.71. The van der Waals surface area contributed by atoms with Gasteiger partial charge in [0.1, 0.15) is 5.82 Å². The largest absolute Gasteiger partial charge is 0.311 e. The van der Waals surface area contributed by atoms with Gasteiger partial charge < -0.3 is 5.32 Å². The van der Waals surface area contributed by atoms with Crippen molar-refractivity contribution in [2.75, 3.05) is 18.4 Å². The zero-order valence-corrected chi connectivity index (χ0v) is 17.7. The van der Waals surface area contributed by atoms with Gasteiger partial charge in [0.05, 0.1) is 16.5 Å². The maximum absolute atomic E-state index is 13.0. The van der Waals surface area contributed by atoms with Crippen LogP contribution in [-0.4, -0.2) is 41.5 Å². The fourth-order valence-corrected chi connectivity index (χ4v) is 4.99. The van der Waals surface area contributed by atoms with E-state index < -0.39 is 10.0 Å². The van der Waals surface area contributed by atoms with Gasteiger partial charge in [0.2, 0.25) is 15.9 Å². The van der Waals surface area contributed by atoms with Gasteiger partial charge in [-0.2, -0.15) is 9.40 Å². The van der Waals surface area contributed by atoms with Crippen molar-refractivity contribution in [3.63, 3.8) is 0 Å². The van der Waals surface area contributed by atoms with Crippen LogP contribution in [0.15, 0.2) is 35.2 Å². The number of nitrogens with zero attached hydrogens (tertiary/aromatic N) is 3. The van der Waals surface area contributed by atoms with E-state index in [1.165, 1.54) is 4.31 Å². The van der Waals surface area contributed by atoms with Crippen LogP contribution in [0.3, 0.4) is 0 Å². The molecular formula is C20H28N4O3S. The number of anilines is 1. The van der Waals surface area contributed by atoms with E-state index in [1.807, 2.05) is 33.8 Å². The maximum Gasteiger partial charge on any atom is 0.243 e. The van der Waals surface area contributed by atoms with E-state index in [0.29, 0.717) is 25.2 Å². The van der Waals surface area contributed by atoms with Gasteiger partial charge in [0, 0.05) is 25.2 Å². The maximum atomic E-state index is 13.0. The topological polar surface area (TPSA) is 84.3 Å². The number of benzene rings is 1. The molecule has 0 aliphatic carbocycles. The van der Waals surface area contributed by atoms with Crippen molar-refractivity contribution < 1.29 is 13.2 Å². The normalized spacial score (nSPS) is 18.4. The third kappa shape index (κ3) is 4.28. The summed E-state index contributed by atoms with van der Waals surface area (Å²) in [5.74, 6) is 0.103. The Morgan fingerprint density at radius 3 is 2.54 bits per heavy atom. The average molecular weight is 405 g/mol. The van der Waals surface area contributed by atoms with Crippen molar-refractivity contribution in [2.45, 2.75) is 51.5 Å². The lowest BCUT2D eigenvalue weighted by Gasteiger charge is -2.31. The minimum absolute atomic E-state index is 0.119. The van der Waals surface area contributed by atoms with Crippen LogP contribution in [0.4, 0.5) is 5.82 Å². The summed E-state index contributed by atoms with van der Waals surface area (Å²) in [6, 6.07) is 8.78. The van der Waals surface area contributed by atoms with Gasteiger partial charge in [-0.05, 0) is 52.7 Å². The van der Waals surface area contributed by atoms with E-state index in [4.69, 9.17) is 0 Å². The summed E-state index contributed by atoms with van der Waals surface area (Å²) in [7, 11) is -3.60. The van der Waals surface area contributed by atoms with E-state index in [-0.39, 0.29) is 29.3 Å². The first kappa shape index (κ1) is 20.5. The molecule has 1 aromatic heterocycles. The number of hydrogen-bond acceptors (Lipinski definition) is 4. The van der Waals surface area contributed by atoms with Crippen molar-refractivity contribution in [2.24, 2.45) is 5.92 Å². The molecule has 1 aliphatic rings. The third-order valence-corrected chi connectivity index (χ3v) is 6.89. The number of amides is 1. The highest BCUT2D eigenvalue weighted by molar-refractivity contribution is 7.89. The lowest BCUT2D eigenvalue weighted by molar-refractivity contribution is -0.120. The minimum Gasteiger partial charge on any atom is -0.311 e. The van der Waals surface area contributed by atoms with Crippen molar-refractivity contribution in [1.29, 1.82) is 0 Å². The Bertz CT molecular complexity index is 948. The average Bonchev–Trinajstić information content (AvgIpc) is 3.02. The van der Waals surface area contributed by atoms with Crippen LogP contribution in [0, 0.1) is 19.8 Å². The summed E-state index contributed by atoms with van der Waals surface area (Å²) in [4.78, 5) is 13.1. The lowest BCUT2D eigenvalue weighted by Crippen LogP contribution is -2.43. The molecule has 3 rings (SSSR count). The summed E-state index contributed by atoms with van der Waals surface area (Å²) in [5.41, 5.74) is 1.84. The van der Waals surface area contributed by atoms with Crippen molar-refractivity contribution in [1.82, 2.24) is 14.1 Å². The number of aromatic nitrogens is 2. The van der Waals surface area contributed by atoms with Gasteiger partial charge in [-0.1, -0.05) is 17.7 Å². The van der Waals surface area contributed by atoms with Gasteiger partial charge in [0.25, 0.3) is 0 Å². The molecule has 0 saturated carbocycles. The van der Waals surface area contributed by atoms with Crippen LogP contribution in [0.25, 0.3) is 0 Å². The Balaban J connectivity index is 1.74. The molecule has 1 aromatic carbocycles. The Morgan fingerprint density at radius 2 is 1.89 bits per heavy atom. The quantitative estimate of drug-likeness (QED) is 0.830. The fourth-order valence-electron chi connectivity index (χ4n) is 3.47. The highest BCUT2D eigenvalue weighted by Gasteiger charge is 2.33. The molecule has 8 heteroatoms. The molecule has 152 valence electrons. The number of rotatable bonds is 5. The zero-order chi connectivity index (χ0) is 20.5. The number of carbonyl (C=O) groups is 1. The Labute approximate surface area is 166 Å². The lowest BCUT2D eigenvalue weighted by atomic mass is 9.99. The molecule has 0 spiro atoms. The summed E-state index contributed by atoms with van der Waals surface area (Å²) in [6.07, 6.45) is 1.33. The molecule has 1 amide bonds. The summed E-state index contributed by atoms with van der Waals surface area (Å²) in [6.45, 7) is 8.42. The predicted molar refractivity (Wildman–Crippen MR) is 109 cm³/mol. The Morgan fingerprint density at radius 1 is 1.21 bits per heavy atom. The Kier molecular flexibility index (Phi) is 5.90. The van der Waals surface area contributed by atoms with Crippen LogP contribution < -0.4 is 5.32 Å². The van der Waals surface area contributed by atoms with E-state index >= 15 is 0 Å². The molecule has 7 nitrogen and oxygen atoms in total. The number of aryl methyl sites for hydroxylation is 2. The molecule has 28 heavy (non-hydrogen) atoms. The van der Waals surface area contributed by atoms with Crippen molar-refractivity contribution in [3.05, 3.63) is 41.6 Å². The molecular weight excluding hydrogens is 376 g/mol. The molecule has 1 aliphatic heterocycles. The van der Waals surface area contributed by atoms with Gasteiger partial charge in [-0.25, -0.2) is 13.1 Å². The van der Waals surface area contributed by atoms with Crippen LogP contribution >= 0.6 is 0 Å². The molecule has 2 aromatic rings. The van der Waals surface area contributed by atoms with Crippen molar-refractivity contribution >= 4 is 21.7 Å². The fraction of sp³-hybridized carbons (Fsp3) is 0.500. The SMILES string of the molecule is Cc1ccc(S(=O)(=O)N2CCC[C@@H](C(=O)Nc3cc(C)nn3C(C)C)C2)cc1. The number of carbonyl (C=O) groups excluding carboxylic acids is 1. The van der Waals surface area contributed by atoms with E-state index in [9.17, 15) is 13.2 Å². The minimum atomic E-state index is -3.60. The molecule has 0 bridgehead atoms. The van der Waals surface area contributed by atoms with Gasteiger partial charge >= 0.3 is 0 Å². The van der Waals surface area contributed by atoms with Gasteiger partial charge in [0.15, 0.2) is 0 Å². The van der Waals surface area contributed by atoms with Crippen LogP contribution in [0.2, 0.25) is 0 Å². The van der Waals surface area contributed by atoms with E-state index in [1.54, 1.807) is 28.9 Å². The standard InChI is InChI=1S/C20H28N4O3S/c1-14(2)24-19(12-16(4)22-24)21-20(25)17-6-5-11-23(13-17)28(26,27)18-9-7-15(3)8-10-18/h7-10,12,14,17H,5-6,11,13H2,1-4H3,(H,21,25)/t17-/m1/s1. The highest BCUT2D eigenvalue weighted by atomic mass is 32.2. The van der Waals surface area contributed by atoms with Gasteiger partial charge in [-0.3, -0.25) is 4.79 Å². The van der Waals surface area contributed by atoms with Crippen LogP contribution in [0.1, 0.15) is 44.0 Å². The monoisotopic (exact) mass is 404 g/mol. The summed E-state index contributed by atoms with van der Waals surface area (Å²) < 4.78 is 29.1. The van der Waals surface area contributed by atoms with Crippen LogP contribution in [0.5, 0.6) is 0 Å². The molecule has 1 fully saturated rings. The van der Waals surface area contributed by atoms with E-state index in [2.05, 4.69) is 10.4 Å². The number of nitrogens with one attached hydrogen (secondary N) is 1. The number of piperidine rings is 1. The second kappa shape index (κ2) is 8.05. The second-order valence-corrected chi connectivity index (χ2v) is 9.65. The summed E-state index contributed by atoms with van der Waals surface area (Å²) in [5, 5.41) is 7.35. The molecule has 1 saturated heterocycles. The number of sulfonamides is 1. The summed E-state index contributed by atoms with van der Waals surface area (Å²) >= 11 is 0. The zero-order valence-electron chi connectivity index (χ0n) is 16.8. The first-order valence-electron chi connectivity index (χ1n) is 9.62. The molecule has 0 radical (unpaired) electrons. The molecule has 2 heterocycles.